The number of alkyl halides is 3. The molecule has 0 aromatic carbocycles. The third-order valence-electron chi connectivity index (χ3n) is 1.70. The van der Waals surface area contributed by atoms with Gasteiger partial charge in [0.25, 0.3) is 0 Å². The third kappa shape index (κ3) is 4.20. The van der Waals surface area contributed by atoms with E-state index >= 15 is 0 Å². The highest BCUT2D eigenvalue weighted by Gasteiger charge is 2.30. The van der Waals surface area contributed by atoms with E-state index in [0.717, 1.165) is 0 Å². The predicted octanol–water partition coefficient (Wildman–Crippen LogP) is 1.39. The highest BCUT2D eigenvalue weighted by atomic mass is 19.4. The maximum atomic E-state index is 12.0. The zero-order chi connectivity index (χ0) is 12.3. The van der Waals surface area contributed by atoms with Gasteiger partial charge >= 0.3 is 6.18 Å². The van der Waals surface area contributed by atoms with Crippen LogP contribution in [0.4, 0.5) is 30.8 Å². The zero-order valence-corrected chi connectivity index (χ0v) is 8.54. The second kappa shape index (κ2) is 4.42. The monoisotopic (exact) mass is 235 g/mol. The molecule has 16 heavy (non-hydrogen) atoms. The van der Waals surface area contributed by atoms with Crippen LogP contribution in [0.15, 0.2) is 6.07 Å². The van der Waals surface area contributed by atoms with Crippen LogP contribution in [-0.2, 0) is 0 Å². The van der Waals surface area contributed by atoms with Gasteiger partial charge in [-0.25, -0.2) is 0 Å². The van der Waals surface area contributed by atoms with Crippen LogP contribution in [-0.4, -0.2) is 22.2 Å². The van der Waals surface area contributed by atoms with Crippen LogP contribution in [0.5, 0.6) is 0 Å². The standard InChI is InChI=1S/C8H12F3N5/c1-4(3-8(9,10)11)14-6-2-5(12)15-7(13)16-6/h2,4H,3H2,1H3,(H5,12,13,14,15,16). The number of halogens is 3. The van der Waals surface area contributed by atoms with Crippen molar-refractivity contribution in [3.05, 3.63) is 6.07 Å². The average Bonchev–Trinajstić information content (AvgIpc) is 1.96. The normalized spacial score (nSPS) is 13.5. The molecule has 1 rings (SSSR count). The van der Waals surface area contributed by atoms with Crippen LogP contribution in [0.2, 0.25) is 0 Å². The minimum atomic E-state index is -4.23. The first-order valence-electron chi connectivity index (χ1n) is 4.49. The van der Waals surface area contributed by atoms with E-state index in [9.17, 15) is 13.2 Å². The van der Waals surface area contributed by atoms with Gasteiger partial charge in [0.2, 0.25) is 5.95 Å². The summed E-state index contributed by atoms with van der Waals surface area (Å²) in [7, 11) is 0. The molecule has 0 amide bonds. The molecule has 0 fully saturated rings. The lowest BCUT2D eigenvalue weighted by Gasteiger charge is -2.16. The Morgan fingerprint density at radius 2 is 2.00 bits per heavy atom. The third-order valence-corrected chi connectivity index (χ3v) is 1.70. The molecular formula is C8H12F3N5. The highest BCUT2D eigenvalue weighted by Crippen LogP contribution is 2.23. The van der Waals surface area contributed by atoms with E-state index in [-0.39, 0.29) is 17.6 Å². The molecule has 0 aliphatic heterocycles. The minimum absolute atomic E-state index is 0.0818. The molecule has 0 aliphatic rings. The molecule has 90 valence electrons. The van der Waals surface area contributed by atoms with E-state index < -0.39 is 18.6 Å². The number of aromatic nitrogens is 2. The smallest absolute Gasteiger partial charge is 0.383 e. The van der Waals surface area contributed by atoms with Crippen LogP contribution >= 0.6 is 0 Å². The number of hydrogen-bond acceptors (Lipinski definition) is 5. The van der Waals surface area contributed by atoms with Crippen molar-refractivity contribution in [1.29, 1.82) is 0 Å². The number of nitrogen functional groups attached to an aromatic ring is 2. The topological polar surface area (TPSA) is 89.8 Å². The lowest BCUT2D eigenvalue weighted by Crippen LogP contribution is -2.24. The molecule has 1 aromatic heterocycles. The summed E-state index contributed by atoms with van der Waals surface area (Å²) < 4.78 is 36.1. The van der Waals surface area contributed by atoms with E-state index in [0.29, 0.717) is 0 Å². The SMILES string of the molecule is CC(CC(F)(F)F)Nc1cc(N)nc(N)n1. The van der Waals surface area contributed by atoms with Gasteiger partial charge in [-0.3, -0.25) is 0 Å². The van der Waals surface area contributed by atoms with Crippen molar-refractivity contribution in [3.63, 3.8) is 0 Å². The summed E-state index contributed by atoms with van der Waals surface area (Å²) in [5.41, 5.74) is 10.7. The molecule has 5 N–H and O–H groups in total. The van der Waals surface area contributed by atoms with Gasteiger partial charge < -0.3 is 16.8 Å². The number of nitrogens with two attached hydrogens (primary N) is 2. The molecule has 1 unspecified atom stereocenters. The van der Waals surface area contributed by atoms with Gasteiger partial charge in [0.15, 0.2) is 0 Å². The Morgan fingerprint density at radius 1 is 1.38 bits per heavy atom. The lowest BCUT2D eigenvalue weighted by atomic mass is 10.2. The van der Waals surface area contributed by atoms with Crippen molar-refractivity contribution in [2.75, 3.05) is 16.8 Å². The van der Waals surface area contributed by atoms with Crippen molar-refractivity contribution in [2.45, 2.75) is 25.6 Å². The highest BCUT2D eigenvalue weighted by molar-refractivity contribution is 5.48. The molecule has 0 spiro atoms. The second-order valence-corrected chi connectivity index (χ2v) is 3.40. The fourth-order valence-corrected chi connectivity index (χ4v) is 1.21. The summed E-state index contributed by atoms with van der Waals surface area (Å²) in [6.45, 7) is 1.39. The fraction of sp³-hybridized carbons (Fsp3) is 0.500. The van der Waals surface area contributed by atoms with E-state index in [1.165, 1.54) is 13.0 Å². The van der Waals surface area contributed by atoms with Gasteiger partial charge in [0.05, 0.1) is 6.42 Å². The van der Waals surface area contributed by atoms with Crippen LogP contribution in [0.25, 0.3) is 0 Å². The number of nitrogens with zero attached hydrogens (tertiary/aromatic N) is 2. The van der Waals surface area contributed by atoms with Crippen molar-refractivity contribution in [3.8, 4) is 0 Å². The Morgan fingerprint density at radius 3 is 2.50 bits per heavy atom. The van der Waals surface area contributed by atoms with Gasteiger partial charge in [0.1, 0.15) is 11.6 Å². The summed E-state index contributed by atoms with van der Waals surface area (Å²) in [4.78, 5) is 7.31. The number of nitrogens with one attached hydrogen (secondary N) is 1. The molecule has 1 heterocycles. The van der Waals surface area contributed by atoms with E-state index in [2.05, 4.69) is 15.3 Å². The summed E-state index contributed by atoms with van der Waals surface area (Å²) in [5, 5.41) is 2.55. The van der Waals surface area contributed by atoms with Crippen LogP contribution in [0.3, 0.4) is 0 Å². The Kier molecular flexibility index (Phi) is 3.41. The molecule has 1 aromatic rings. The number of hydrogen-bond donors (Lipinski definition) is 3. The molecule has 8 heteroatoms. The van der Waals surface area contributed by atoms with Crippen molar-refractivity contribution < 1.29 is 13.2 Å². The van der Waals surface area contributed by atoms with Crippen LogP contribution < -0.4 is 16.8 Å². The maximum Gasteiger partial charge on any atom is 0.391 e. The first-order valence-corrected chi connectivity index (χ1v) is 4.49. The predicted molar refractivity (Wildman–Crippen MR) is 54.6 cm³/mol. The minimum Gasteiger partial charge on any atom is -0.383 e. The van der Waals surface area contributed by atoms with Gasteiger partial charge in [-0.1, -0.05) is 0 Å². The zero-order valence-electron chi connectivity index (χ0n) is 8.54. The Hall–Kier alpha value is -1.73. The molecule has 1 atom stereocenters. The molecular weight excluding hydrogens is 223 g/mol. The summed E-state index contributed by atoms with van der Waals surface area (Å²) in [6, 6.07) is 0.511. The molecule has 0 saturated heterocycles. The molecule has 5 nitrogen and oxygen atoms in total. The summed E-state index contributed by atoms with van der Waals surface area (Å²) >= 11 is 0. The van der Waals surface area contributed by atoms with E-state index in [1.54, 1.807) is 0 Å². The van der Waals surface area contributed by atoms with E-state index in [4.69, 9.17) is 11.5 Å². The largest absolute Gasteiger partial charge is 0.391 e. The van der Waals surface area contributed by atoms with Gasteiger partial charge in [-0.2, -0.15) is 23.1 Å². The lowest BCUT2D eigenvalue weighted by molar-refractivity contribution is -0.136. The summed E-state index contributed by atoms with van der Waals surface area (Å²) in [6.07, 6.45) is -5.19. The van der Waals surface area contributed by atoms with Crippen molar-refractivity contribution in [2.24, 2.45) is 0 Å². The Balaban J connectivity index is 2.66. The van der Waals surface area contributed by atoms with Crippen LogP contribution in [0, 0.1) is 0 Å². The molecule has 0 aliphatic carbocycles. The van der Waals surface area contributed by atoms with Crippen molar-refractivity contribution >= 4 is 17.6 Å². The first-order chi connectivity index (χ1) is 7.26. The molecule has 0 saturated carbocycles. The fourth-order valence-electron chi connectivity index (χ4n) is 1.21. The average molecular weight is 235 g/mol. The molecule has 0 bridgehead atoms. The number of rotatable bonds is 3. The number of anilines is 3. The summed E-state index contributed by atoms with van der Waals surface area (Å²) in [5.74, 6) is 0.206. The van der Waals surface area contributed by atoms with Gasteiger partial charge in [-0.05, 0) is 6.92 Å². The first kappa shape index (κ1) is 12.3. The molecule has 0 radical (unpaired) electrons. The van der Waals surface area contributed by atoms with Gasteiger partial charge in [0, 0.05) is 12.1 Å². The Labute approximate surface area is 90.1 Å². The van der Waals surface area contributed by atoms with E-state index in [1.807, 2.05) is 0 Å². The Bertz CT molecular complexity index is 345. The second-order valence-electron chi connectivity index (χ2n) is 3.40. The van der Waals surface area contributed by atoms with Crippen molar-refractivity contribution in [1.82, 2.24) is 9.97 Å². The maximum absolute atomic E-state index is 12.0. The van der Waals surface area contributed by atoms with Gasteiger partial charge in [-0.15, -0.1) is 0 Å². The van der Waals surface area contributed by atoms with Crippen LogP contribution in [0.1, 0.15) is 13.3 Å². The quantitative estimate of drug-likeness (QED) is 0.736.